The number of pyridine rings is 1. The van der Waals surface area contributed by atoms with Crippen LogP contribution in [0.25, 0.3) is 106 Å². The molecule has 11 aromatic rings. The Bertz CT molecular complexity index is 3150. The summed E-state index contributed by atoms with van der Waals surface area (Å²) in [7, 11) is 0. The predicted molar refractivity (Wildman–Crippen MR) is 229 cm³/mol. The fourth-order valence-electron chi connectivity index (χ4n) is 7.95. The van der Waals surface area contributed by atoms with E-state index in [0.29, 0.717) is 5.82 Å². The third-order valence-corrected chi connectivity index (χ3v) is 10.6. The van der Waals surface area contributed by atoms with Crippen LogP contribution in [0.4, 0.5) is 0 Å². The van der Waals surface area contributed by atoms with Crippen molar-refractivity contribution in [1.82, 2.24) is 19.5 Å². The lowest BCUT2D eigenvalue weighted by molar-refractivity contribution is 0.645. The van der Waals surface area contributed by atoms with E-state index < -0.39 is 0 Å². The normalized spacial score (nSPS) is 11.6. The topological polar surface area (TPSA) is 56.7 Å². The van der Waals surface area contributed by atoms with Gasteiger partial charge in [-0.1, -0.05) is 164 Å². The number of fused-ring (bicyclic) bond motifs is 7. The number of rotatable bonds is 6. The summed E-state index contributed by atoms with van der Waals surface area (Å²) in [5.41, 5.74) is 13.6. The van der Waals surface area contributed by atoms with Crippen LogP contribution in [0.5, 0.6) is 0 Å². The third kappa shape index (κ3) is 5.29. The summed E-state index contributed by atoms with van der Waals surface area (Å²) in [6.07, 6.45) is 0. The molecule has 5 heteroatoms. The molecule has 0 aliphatic carbocycles. The van der Waals surface area contributed by atoms with E-state index in [2.05, 4.69) is 138 Å². The van der Waals surface area contributed by atoms with Crippen molar-refractivity contribution in [3.63, 3.8) is 0 Å². The van der Waals surface area contributed by atoms with Gasteiger partial charge in [-0.15, -0.1) is 0 Å². The Morgan fingerprint density at radius 1 is 0.393 bits per heavy atom. The number of furan rings is 1. The zero-order valence-electron chi connectivity index (χ0n) is 30.2. The van der Waals surface area contributed by atoms with Gasteiger partial charge in [-0.3, -0.25) is 4.57 Å². The van der Waals surface area contributed by atoms with Gasteiger partial charge >= 0.3 is 0 Å². The largest absolute Gasteiger partial charge is 0.437 e. The molecule has 0 saturated carbocycles. The van der Waals surface area contributed by atoms with E-state index in [9.17, 15) is 0 Å². The molecule has 262 valence electrons. The van der Waals surface area contributed by atoms with Crippen LogP contribution in [0.15, 0.2) is 199 Å². The molecule has 0 N–H and O–H groups in total. The van der Waals surface area contributed by atoms with Crippen LogP contribution in [0.3, 0.4) is 0 Å². The van der Waals surface area contributed by atoms with Crippen LogP contribution in [-0.2, 0) is 0 Å². The van der Waals surface area contributed by atoms with Crippen molar-refractivity contribution in [2.75, 3.05) is 0 Å². The zero-order valence-corrected chi connectivity index (χ0v) is 30.2. The first-order chi connectivity index (χ1) is 27.8. The van der Waals surface area contributed by atoms with E-state index in [4.69, 9.17) is 19.4 Å². The van der Waals surface area contributed by atoms with Crippen LogP contribution >= 0.6 is 0 Å². The molecule has 0 radical (unpaired) electrons. The first kappa shape index (κ1) is 31.9. The molecule has 0 unspecified atom stereocenters. The van der Waals surface area contributed by atoms with Crippen molar-refractivity contribution >= 4 is 43.9 Å². The highest BCUT2D eigenvalue weighted by atomic mass is 16.3. The average molecular weight is 717 g/mol. The molecular formula is C51H32N4O. The van der Waals surface area contributed by atoms with Crippen molar-refractivity contribution in [3.8, 4) is 62.0 Å². The van der Waals surface area contributed by atoms with Crippen molar-refractivity contribution in [2.24, 2.45) is 0 Å². The minimum Gasteiger partial charge on any atom is -0.437 e. The van der Waals surface area contributed by atoms with Crippen LogP contribution in [-0.4, -0.2) is 19.5 Å². The Kier molecular flexibility index (Phi) is 7.42. The minimum atomic E-state index is 0.707. The lowest BCUT2D eigenvalue weighted by Crippen LogP contribution is -1.96. The summed E-state index contributed by atoms with van der Waals surface area (Å²) in [6.45, 7) is 0. The number of aromatic nitrogens is 4. The Hall–Kier alpha value is -7.63. The summed E-state index contributed by atoms with van der Waals surface area (Å²) in [5, 5.41) is 4.41. The maximum atomic E-state index is 6.95. The van der Waals surface area contributed by atoms with Gasteiger partial charge < -0.3 is 4.42 Å². The summed E-state index contributed by atoms with van der Waals surface area (Å²) in [4.78, 5) is 15.1. The van der Waals surface area contributed by atoms with Crippen LogP contribution < -0.4 is 0 Å². The zero-order chi connectivity index (χ0) is 37.0. The minimum absolute atomic E-state index is 0.707. The van der Waals surface area contributed by atoms with Gasteiger partial charge in [0.25, 0.3) is 0 Å². The monoisotopic (exact) mass is 716 g/mol. The molecule has 0 saturated heterocycles. The summed E-state index contributed by atoms with van der Waals surface area (Å²) < 4.78 is 9.19. The molecule has 11 rings (SSSR count). The molecule has 0 atom stereocenters. The van der Waals surface area contributed by atoms with E-state index in [1.54, 1.807) is 0 Å². The molecule has 4 aromatic heterocycles. The number of hydrogen-bond acceptors (Lipinski definition) is 4. The Balaban J connectivity index is 1.000. The highest BCUT2D eigenvalue weighted by molar-refractivity contribution is 6.28. The maximum Gasteiger partial charge on any atom is 0.213 e. The molecule has 7 aromatic carbocycles. The molecule has 0 amide bonds. The number of hydrogen-bond donors (Lipinski definition) is 0. The molecule has 0 bridgehead atoms. The molecular weight excluding hydrogens is 685 g/mol. The standard InChI is InChI=1S/C51H32N4O/c1-4-14-35(15-5-1)43-32-44(54-50(53-43)38-18-8-3-9-19-38)36-26-24-33(25-27-36)34-28-30-39(31-29-34)55-45-23-13-11-21-41(45)47-46-40-20-10-12-22-42(40)52-48(49(46)56-51(47)55)37-16-6-2-7-17-37/h1-32H. The first-order valence-corrected chi connectivity index (χ1v) is 18.8. The van der Waals surface area contributed by atoms with Crippen LogP contribution in [0.2, 0.25) is 0 Å². The maximum absolute atomic E-state index is 6.95. The lowest BCUT2D eigenvalue weighted by Gasteiger charge is -2.11. The SMILES string of the molecule is c1ccc(-c2cc(-c3ccc(-c4ccc(-n5c6ccccc6c6c7c(oc65)c(-c5ccccc5)nc5ccccc57)cc4)cc3)nc(-c3ccccc3)n2)cc1. The van der Waals surface area contributed by atoms with E-state index in [1.165, 1.54) is 0 Å². The molecule has 5 nitrogen and oxygen atoms in total. The first-order valence-electron chi connectivity index (χ1n) is 18.8. The van der Waals surface area contributed by atoms with Crippen molar-refractivity contribution in [3.05, 3.63) is 194 Å². The summed E-state index contributed by atoms with van der Waals surface area (Å²) in [5.74, 6) is 0.707. The Morgan fingerprint density at radius 2 is 0.911 bits per heavy atom. The number of para-hydroxylation sites is 2. The van der Waals surface area contributed by atoms with Gasteiger partial charge in [-0.05, 0) is 41.5 Å². The van der Waals surface area contributed by atoms with Gasteiger partial charge in [-0.25, -0.2) is 15.0 Å². The molecule has 0 aliphatic heterocycles. The summed E-state index contributed by atoms with van der Waals surface area (Å²) >= 11 is 0. The molecule has 0 aliphatic rings. The average Bonchev–Trinajstić information content (AvgIpc) is 3.82. The lowest BCUT2D eigenvalue weighted by atomic mass is 10.0. The quantitative estimate of drug-likeness (QED) is 0.172. The van der Waals surface area contributed by atoms with E-state index >= 15 is 0 Å². The second-order valence-electron chi connectivity index (χ2n) is 14.0. The Labute approximate surface area is 322 Å². The van der Waals surface area contributed by atoms with Crippen molar-refractivity contribution in [1.29, 1.82) is 0 Å². The second kappa shape index (κ2) is 13.0. The van der Waals surface area contributed by atoms with E-state index in [1.807, 2.05) is 60.7 Å². The fraction of sp³-hybridized carbons (Fsp3) is 0. The molecule has 4 heterocycles. The van der Waals surface area contributed by atoms with Gasteiger partial charge in [0.05, 0.1) is 27.8 Å². The van der Waals surface area contributed by atoms with Crippen LogP contribution in [0.1, 0.15) is 0 Å². The number of nitrogens with zero attached hydrogens (tertiary/aromatic N) is 4. The molecule has 0 fully saturated rings. The molecule has 56 heavy (non-hydrogen) atoms. The second-order valence-corrected chi connectivity index (χ2v) is 14.0. The predicted octanol–water partition coefficient (Wildman–Crippen LogP) is 13.2. The highest BCUT2D eigenvalue weighted by Gasteiger charge is 2.24. The molecule has 0 spiro atoms. The number of benzene rings is 7. The smallest absolute Gasteiger partial charge is 0.213 e. The van der Waals surface area contributed by atoms with Crippen LogP contribution in [0, 0.1) is 0 Å². The Morgan fingerprint density at radius 3 is 1.59 bits per heavy atom. The van der Waals surface area contributed by atoms with E-state index in [-0.39, 0.29) is 0 Å². The van der Waals surface area contributed by atoms with Gasteiger partial charge in [0.15, 0.2) is 11.4 Å². The van der Waals surface area contributed by atoms with Gasteiger partial charge in [-0.2, -0.15) is 0 Å². The third-order valence-electron chi connectivity index (χ3n) is 10.6. The fourth-order valence-corrected chi connectivity index (χ4v) is 7.95. The highest BCUT2D eigenvalue weighted by Crippen LogP contribution is 2.44. The van der Waals surface area contributed by atoms with E-state index in [0.717, 1.165) is 100 Å². The van der Waals surface area contributed by atoms with Crippen molar-refractivity contribution < 1.29 is 4.42 Å². The van der Waals surface area contributed by atoms with Gasteiger partial charge in [0, 0.05) is 44.1 Å². The van der Waals surface area contributed by atoms with Gasteiger partial charge in [0.2, 0.25) is 5.71 Å². The van der Waals surface area contributed by atoms with Crippen molar-refractivity contribution in [2.45, 2.75) is 0 Å². The summed E-state index contributed by atoms with van der Waals surface area (Å²) in [6, 6.07) is 67.1. The van der Waals surface area contributed by atoms with Gasteiger partial charge in [0.1, 0.15) is 5.69 Å².